The maximum atomic E-state index is 12.9. The van der Waals surface area contributed by atoms with Gasteiger partial charge in [0.1, 0.15) is 5.69 Å². The number of anilines is 1. The summed E-state index contributed by atoms with van der Waals surface area (Å²) in [5.74, 6) is -0.865. The van der Waals surface area contributed by atoms with Gasteiger partial charge in [0.25, 0.3) is 5.91 Å². The molecule has 1 saturated heterocycles. The molecule has 0 spiro atoms. The van der Waals surface area contributed by atoms with E-state index < -0.39 is 5.91 Å². The topological polar surface area (TPSA) is 111 Å². The molecule has 1 aromatic carbocycles. The second-order valence-corrected chi connectivity index (χ2v) is 7.83. The number of aromatic nitrogens is 3. The maximum Gasteiger partial charge on any atom is 0.314 e. The number of carbonyl (C=O) groups is 2. The molecule has 8 heteroatoms. The van der Waals surface area contributed by atoms with E-state index in [0.717, 1.165) is 29.7 Å². The van der Waals surface area contributed by atoms with Crippen molar-refractivity contribution in [3.05, 3.63) is 66.9 Å². The first-order valence-corrected chi connectivity index (χ1v) is 10.4. The number of esters is 1. The number of nitrogens with two attached hydrogens (primary N) is 1. The first-order valence-electron chi connectivity index (χ1n) is 10.4. The van der Waals surface area contributed by atoms with Gasteiger partial charge in [-0.05, 0) is 31.0 Å². The third-order valence-electron chi connectivity index (χ3n) is 5.87. The molecule has 1 aliphatic rings. The quantitative estimate of drug-likeness (QED) is 0.498. The highest BCUT2D eigenvalue weighted by atomic mass is 16.5. The van der Waals surface area contributed by atoms with E-state index in [0.29, 0.717) is 29.4 Å². The predicted molar refractivity (Wildman–Crippen MR) is 120 cm³/mol. The Morgan fingerprint density at radius 1 is 1.00 bits per heavy atom. The molecular formula is C24H21N5O3. The van der Waals surface area contributed by atoms with Crippen molar-refractivity contribution in [2.75, 3.05) is 18.0 Å². The van der Waals surface area contributed by atoms with Gasteiger partial charge in [-0.1, -0.05) is 18.2 Å². The molecule has 0 unspecified atom stereocenters. The number of ether oxygens (including phenoxy) is 1. The zero-order valence-corrected chi connectivity index (χ0v) is 17.3. The summed E-state index contributed by atoms with van der Waals surface area (Å²) >= 11 is 0. The van der Waals surface area contributed by atoms with Crippen molar-refractivity contribution in [3.8, 4) is 5.75 Å². The summed E-state index contributed by atoms with van der Waals surface area (Å²) in [5, 5.41) is 2.14. The van der Waals surface area contributed by atoms with Gasteiger partial charge in [0.2, 0.25) is 0 Å². The van der Waals surface area contributed by atoms with Gasteiger partial charge >= 0.3 is 5.97 Å². The van der Waals surface area contributed by atoms with Crippen LogP contribution in [0.15, 0.2) is 61.2 Å². The largest absolute Gasteiger partial charge is 0.424 e. The van der Waals surface area contributed by atoms with Gasteiger partial charge in [-0.25, -0.2) is 4.98 Å². The Labute approximate surface area is 184 Å². The van der Waals surface area contributed by atoms with E-state index in [-0.39, 0.29) is 17.6 Å². The Balaban J connectivity index is 1.29. The number of fused-ring (bicyclic) bond motifs is 2. The maximum absolute atomic E-state index is 12.9. The highest BCUT2D eigenvalue weighted by molar-refractivity contribution is 6.06. The van der Waals surface area contributed by atoms with Gasteiger partial charge in [0, 0.05) is 41.6 Å². The zero-order valence-electron chi connectivity index (χ0n) is 17.3. The zero-order chi connectivity index (χ0) is 22.1. The minimum atomic E-state index is -0.656. The fourth-order valence-corrected chi connectivity index (χ4v) is 4.14. The lowest BCUT2D eigenvalue weighted by atomic mass is 9.96. The third-order valence-corrected chi connectivity index (χ3v) is 5.87. The van der Waals surface area contributed by atoms with Crippen LogP contribution in [-0.2, 0) is 4.79 Å². The van der Waals surface area contributed by atoms with Crippen molar-refractivity contribution in [2.24, 2.45) is 11.7 Å². The molecular weight excluding hydrogens is 406 g/mol. The average molecular weight is 427 g/mol. The van der Waals surface area contributed by atoms with Crippen molar-refractivity contribution in [1.82, 2.24) is 15.0 Å². The Bertz CT molecular complexity index is 1330. The average Bonchev–Trinajstić information content (AvgIpc) is 2.84. The van der Waals surface area contributed by atoms with Crippen LogP contribution in [0.4, 0.5) is 5.69 Å². The smallest absolute Gasteiger partial charge is 0.314 e. The van der Waals surface area contributed by atoms with Crippen LogP contribution in [0.2, 0.25) is 0 Å². The molecule has 0 radical (unpaired) electrons. The lowest BCUT2D eigenvalue weighted by Gasteiger charge is -2.32. The summed E-state index contributed by atoms with van der Waals surface area (Å²) < 4.78 is 5.69. The summed E-state index contributed by atoms with van der Waals surface area (Å²) in [6, 6.07) is 11.8. The van der Waals surface area contributed by atoms with Crippen LogP contribution >= 0.6 is 0 Å². The van der Waals surface area contributed by atoms with Crippen molar-refractivity contribution >= 4 is 39.2 Å². The first-order chi connectivity index (χ1) is 15.6. The van der Waals surface area contributed by atoms with Gasteiger partial charge in [-0.2, -0.15) is 0 Å². The van der Waals surface area contributed by atoms with Crippen molar-refractivity contribution in [3.63, 3.8) is 0 Å². The second kappa shape index (κ2) is 8.22. The van der Waals surface area contributed by atoms with Gasteiger partial charge in [0.05, 0.1) is 29.5 Å². The van der Waals surface area contributed by atoms with Crippen LogP contribution in [0.25, 0.3) is 21.7 Å². The number of amides is 1. The van der Waals surface area contributed by atoms with E-state index in [9.17, 15) is 9.59 Å². The van der Waals surface area contributed by atoms with E-state index >= 15 is 0 Å². The fourth-order valence-electron chi connectivity index (χ4n) is 4.14. The van der Waals surface area contributed by atoms with Gasteiger partial charge < -0.3 is 15.4 Å². The van der Waals surface area contributed by atoms with Crippen molar-refractivity contribution < 1.29 is 14.3 Å². The number of hydrogen-bond acceptors (Lipinski definition) is 7. The van der Waals surface area contributed by atoms with E-state index in [1.165, 1.54) is 12.4 Å². The van der Waals surface area contributed by atoms with Gasteiger partial charge in [0.15, 0.2) is 5.75 Å². The monoisotopic (exact) mass is 427 g/mol. The Morgan fingerprint density at radius 3 is 2.62 bits per heavy atom. The molecule has 4 aromatic rings. The molecule has 0 saturated carbocycles. The number of para-hydroxylation sites is 1. The van der Waals surface area contributed by atoms with Gasteiger partial charge in [-0.3, -0.25) is 19.6 Å². The lowest BCUT2D eigenvalue weighted by molar-refractivity contribution is -0.139. The van der Waals surface area contributed by atoms with E-state index in [4.69, 9.17) is 10.5 Å². The Kier molecular flexibility index (Phi) is 5.10. The van der Waals surface area contributed by atoms with E-state index in [1.807, 2.05) is 30.5 Å². The predicted octanol–water partition coefficient (Wildman–Crippen LogP) is 3.10. The van der Waals surface area contributed by atoms with Crippen LogP contribution in [-0.4, -0.2) is 39.9 Å². The number of hydrogen-bond donors (Lipinski definition) is 1. The second-order valence-electron chi connectivity index (χ2n) is 7.83. The van der Waals surface area contributed by atoms with Crippen molar-refractivity contribution in [2.45, 2.75) is 12.8 Å². The minimum Gasteiger partial charge on any atom is -0.424 e. The first kappa shape index (κ1) is 19.9. The molecule has 4 heterocycles. The van der Waals surface area contributed by atoms with E-state index in [2.05, 4.69) is 25.9 Å². The Hall–Kier alpha value is -4.07. The number of carbonyl (C=O) groups excluding carboxylic acids is 2. The molecule has 3 aromatic heterocycles. The molecule has 32 heavy (non-hydrogen) atoms. The van der Waals surface area contributed by atoms with E-state index in [1.54, 1.807) is 12.3 Å². The van der Waals surface area contributed by atoms with Crippen LogP contribution in [0.3, 0.4) is 0 Å². The highest BCUT2D eigenvalue weighted by Crippen LogP contribution is 2.29. The fraction of sp³-hybridized carbons (Fsp3) is 0.208. The summed E-state index contributed by atoms with van der Waals surface area (Å²) in [6.45, 7) is 1.48. The number of piperidine rings is 1. The lowest BCUT2D eigenvalue weighted by Crippen LogP contribution is -2.37. The number of benzene rings is 1. The normalized spacial score (nSPS) is 14.6. The molecule has 8 nitrogen and oxygen atoms in total. The van der Waals surface area contributed by atoms with Crippen LogP contribution in [0.5, 0.6) is 5.75 Å². The van der Waals surface area contributed by atoms with Gasteiger partial charge in [-0.15, -0.1) is 0 Å². The van der Waals surface area contributed by atoms with Crippen LogP contribution < -0.4 is 15.4 Å². The number of nitrogens with zero attached hydrogens (tertiary/aromatic N) is 4. The summed E-state index contributed by atoms with van der Waals surface area (Å²) in [7, 11) is 0. The molecule has 2 N–H and O–H groups in total. The Morgan fingerprint density at radius 2 is 1.81 bits per heavy atom. The molecule has 1 fully saturated rings. The highest BCUT2D eigenvalue weighted by Gasteiger charge is 2.28. The van der Waals surface area contributed by atoms with Crippen LogP contribution in [0.1, 0.15) is 23.3 Å². The third kappa shape index (κ3) is 3.71. The van der Waals surface area contributed by atoms with Crippen LogP contribution in [0, 0.1) is 5.92 Å². The van der Waals surface area contributed by atoms with Crippen molar-refractivity contribution in [1.29, 1.82) is 0 Å². The SMILES string of the molecule is NC(=O)c1ncc(OC(=O)C2CCN(c3cnc4ccccc4c3)CC2)c2ccncc12. The standard InChI is InChI=1S/C24H21N5O3/c25-23(30)22-19-13-26-8-5-18(19)21(14-28-22)32-24(31)15-6-9-29(10-7-15)17-11-16-3-1-2-4-20(16)27-12-17/h1-5,8,11-15H,6-7,9-10H2,(H2,25,30). The molecule has 0 aliphatic carbocycles. The molecule has 0 atom stereocenters. The number of rotatable bonds is 4. The molecule has 160 valence electrons. The summed E-state index contributed by atoms with van der Waals surface area (Å²) in [5.41, 5.74) is 7.52. The molecule has 1 aliphatic heterocycles. The number of primary amides is 1. The number of pyridine rings is 3. The molecule has 0 bridgehead atoms. The minimum absolute atomic E-state index is 0.102. The molecule has 5 rings (SSSR count). The summed E-state index contributed by atoms with van der Waals surface area (Å²) in [4.78, 5) is 39.4. The summed E-state index contributed by atoms with van der Waals surface area (Å²) in [6.07, 6.45) is 7.68. The molecule has 1 amide bonds.